The average molecular weight is 399 g/mol. The molecule has 6 heteroatoms. The lowest BCUT2D eigenvalue weighted by Crippen LogP contribution is -2.32. The van der Waals surface area contributed by atoms with Crippen molar-refractivity contribution in [1.82, 2.24) is 15.3 Å². The van der Waals surface area contributed by atoms with Crippen LogP contribution in [0.4, 0.5) is 0 Å². The molecule has 1 aromatic carbocycles. The Bertz CT molecular complexity index is 1260. The van der Waals surface area contributed by atoms with Gasteiger partial charge < -0.3 is 10.1 Å². The third-order valence-corrected chi connectivity index (χ3v) is 5.50. The summed E-state index contributed by atoms with van der Waals surface area (Å²) < 4.78 is 0. The predicted octanol–water partition coefficient (Wildman–Crippen LogP) is 3.30. The van der Waals surface area contributed by atoms with Gasteiger partial charge in [0, 0.05) is 23.5 Å². The zero-order valence-electron chi connectivity index (χ0n) is 16.8. The minimum absolute atomic E-state index is 0.106. The van der Waals surface area contributed by atoms with Crippen LogP contribution in [0.2, 0.25) is 0 Å². The van der Waals surface area contributed by atoms with Crippen LogP contribution >= 0.6 is 0 Å². The monoisotopic (exact) mass is 399 g/mol. The van der Waals surface area contributed by atoms with E-state index >= 15 is 0 Å². The molecule has 0 spiro atoms. The lowest BCUT2D eigenvalue weighted by Gasteiger charge is -2.24. The van der Waals surface area contributed by atoms with Gasteiger partial charge in [0.2, 0.25) is 5.78 Å². The fourth-order valence-corrected chi connectivity index (χ4v) is 3.89. The van der Waals surface area contributed by atoms with Crippen molar-refractivity contribution in [3.05, 3.63) is 65.6 Å². The van der Waals surface area contributed by atoms with Gasteiger partial charge in [0.05, 0.1) is 23.7 Å². The summed E-state index contributed by atoms with van der Waals surface area (Å²) in [6.07, 6.45) is 5.60. The number of benzene rings is 1. The number of aldehydes is 1. The van der Waals surface area contributed by atoms with E-state index in [-0.39, 0.29) is 24.7 Å². The third-order valence-electron chi connectivity index (χ3n) is 5.50. The molecule has 1 N–H and O–H groups in total. The molecular weight excluding hydrogens is 378 g/mol. The van der Waals surface area contributed by atoms with Crippen molar-refractivity contribution < 1.29 is 14.4 Å². The van der Waals surface area contributed by atoms with Crippen molar-refractivity contribution in [2.24, 2.45) is 5.92 Å². The van der Waals surface area contributed by atoms with E-state index in [1.165, 1.54) is 6.08 Å². The molecule has 2 aromatic heterocycles. The number of hydrogen-bond acceptors (Lipinski definition) is 6. The number of nitrogens with zero attached hydrogens (tertiary/aromatic N) is 2. The van der Waals surface area contributed by atoms with Crippen LogP contribution in [0, 0.1) is 5.92 Å². The number of nitrogens with one attached hydrogen (secondary N) is 1. The van der Waals surface area contributed by atoms with E-state index in [9.17, 15) is 14.4 Å². The summed E-state index contributed by atoms with van der Waals surface area (Å²) in [5.41, 5.74) is 2.88. The molecule has 0 aliphatic heterocycles. The Labute approximate surface area is 173 Å². The van der Waals surface area contributed by atoms with Crippen LogP contribution in [-0.4, -0.2) is 40.9 Å². The normalized spacial score (nSPS) is 14.7. The third kappa shape index (κ3) is 3.25. The summed E-state index contributed by atoms with van der Waals surface area (Å²) in [6.45, 7) is 3.90. The summed E-state index contributed by atoms with van der Waals surface area (Å²) in [7, 11) is 0. The van der Waals surface area contributed by atoms with Crippen molar-refractivity contribution in [2.45, 2.75) is 13.8 Å². The van der Waals surface area contributed by atoms with Gasteiger partial charge in [-0.3, -0.25) is 14.6 Å². The smallest absolute Gasteiger partial charge is 0.205 e. The van der Waals surface area contributed by atoms with Gasteiger partial charge in [-0.2, -0.15) is 0 Å². The molecule has 0 bridgehead atoms. The lowest BCUT2D eigenvalue weighted by atomic mass is 9.82. The molecule has 0 fully saturated rings. The van der Waals surface area contributed by atoms with Crippen LogP contribution in [0.5, 0.6) is 0 Å². The number of ketones is 2. The van der Waals surface area contributed by atoms with Crippen molar-refractivity contribution in [1.29, 1.82) is 0 Å². The van der Waals surface area contributed by atoms with Crippen LogP contribution in [0.25, 0.3) is 27.2 Å². The van der Waals surface area contributed by atoms with Crippen LogP contribution in [0.3, 0.4) is 0 Å². The largest absolute Gasteiger partial charge is 0.309 e. The van der Waals surface area contributed by atoms with E-state index in [4.69, 9.17) is 4.98 Å². The van der Waals surface area contributed by atoms with Crippen LogP contribution in [0.15, 0.2) is 54.3 Å². The fourth-order valence-electron chi connectivity index (χ4n) is 3.89. The zero-order chi connectivity index (χ0) is 21.3. The molecule has 0 saturated heterocycles. The summed E-state index contributed by atoms with van der Waals surface area (Å²) in [5, 5.41) is 5.47. The van der Waals surface area contributed by atoms with Gasteiger partial charge in [0.25, 0.3) is 0 Å². The van der Waals surface area contributed by atoms with Crippen molar-refractivity contribution in [3.8, 4) is 0 Å². The highest BCUT2D eigenvalue weighted by atomic mass is 16.1. The number of carbonyl (C=O) groups is 3. The Hall–Kier alpha value is -3.51. The lowest BCUT2D eigenvalue weighted by molar-refractivity contribution is -0.117. The zero-order valence-corrected chi connectivity index (χ0v) is 16.8. The van der Waals surface area contributed by atoms with E-state index in [0.717, 1.165) is 22.6 Å². The quantitative estimate of drug-likeness (QED) is 0.284. The highest BCUT2D eigenvalue weighted by molar-refractivity contribution is 6.25. The van der Waals surface area contributed by atoms with Crippen molar-refractivity contribution in [3.63, 3.8) is 0 Å². The highest BCUT2D eigenvalue weighted by Crippen LogP contribution is 2.38. The van der Waals surface area contributed by atoms with Crippen molar-refractivity contribution in [2.75, 3.05) is 13.1 Å². The molecule has 2 heterocycles. The van der Waals surface area contributed by atoms with Gasteiger partial charge in [-0.25, -0.2) is 4.98 Å². The van der Waals surface area contributed by atoms with Crippen LogP contribution < -0.4 is 5.32 Å². The van der Waals surface area contributed by atoms with Crippen molar-refractivity contribution >= 4 is 45.1 Å². The Morgan fingerprint density at radius 2 is 1.97 bits per heavy atom. The predicted molar refractivity (Wildman–Crippen MR) is 116 cm³/mol. The topological polar surface area (TPSA) is 89.0 Å². The minimum Gasteiger partial charge on any atom is -0.309 e. The molecule has 4 rings (SSSR count). The van der Waals surface area contributed by atoms with E-state index in [1.807, 2.05) is 30.3 Å². The van der Waals surface area contributed by atoms with E-state index in [2.05, 4.69) is 10.3 Å². The van der Waals surface area contributed by atoms with Gasteiger partial charge >= 0.3 is 0 Å². The second kappa shape index (κ2) is 8.08. The summed E-state index contributed by atoms with van der Waals surface area (Å²) in [6, 6.07) is 9.59. The number of allylic oxidation sites excluding steroid dienone is 3. The molecule has 0 saturated carbocycles. The molecule has 1 aliphatic carbocycles. The average Bonchev–Trinajstić information content (AvgIpc) is 2.78. The van der Waals surface area contributed by atoms with E-state index in [1.54, 1.807) is 26.1 Å². The molecule has 1 aliphatic rings. The van der Waals surface area contributed by atoms with Gasteiger partial charge in [0.1, 0.15) is 12.0 Å². The number of fused-ring (bicyclic) bond motifs is 2. The first-order valence-electron chi connectivity index (χ1n) is 9.82. The molecule has 1 unspecified atom stereocenters. The number of rotatable bonds is 7. The molecule has 1 atom stereocenters. The number of carbonyl (C=O) groups excluding carboxylic acids is 3. The molecule has 6 nitrogen and oxygen atoms in total. The number of pyridine rings is 2. The molecule has 30 heavy (non-hydrogen) atoms. The van der Waals surface area contributed by atoms with Gasteiger partial charge in [-0.05, 0) is 48.6 Å². The summed E-state index contributed by atoms with van der Waals surface area (Å²) >= 11 is 0. The van der Waals surface area contributed by atoms with Gasteiger partial charge in [-0.15, -0.1) is 0 Å². The SMILES string of the molecule is C/C=C(\C)C(=O)C(CNCC=O)C1=CC(=O)c2nccc3c2c1nc1ccccc13. The molecule has 3 aromatic rings. The van der Waals surface area contributed by atoms with Gasteiger partial charge in [0.15, 0.2) is 5.78 Å². The Morgan fingerprint density at radius 3 is 2.73 bits per heavy atom. The molecule has 150 valence electrons. The second-order valence-corrected chi connectivity index (χ2v) is 7.24. The summed E-state index contributed by atoms with van der Waals surface area (Å²) in [4.78, 5) is 46.0. The molecule has 0 amide bonds. The molecule has 0 radical (unpaired) electrons. The first-order valence-corrected chi connectivity index (χ1v) is 9.82. The van der Waals surface area contributed by atoms with Crippen LogP contribution in [0.1, 0.15) is 30.0 Å². The Balaban J connectivity index is 1.97. The number of aromatic nitrogens is 2. The van der Waals surface area contributed by atoms with Crippen LogP contribution in [-0.2, 0) is 9.59 Å². The van der Waals surface area contributed by atoms with E-state index < -0.39 is 5.92 Å². The Morgan fingerprint density at radius 1 is 1.17 bits per heavy atom. The van der Waals surface area contributed by atoms with Gasteiger partial charge in [-0.1, -0.05) is 24.3 Å². The maximum absolute atomic E-state index is 13.2. The second-order valence-electron chi connectivity index (χ2n) is 7.24. The number of hydrogen-bond donors (Lipinski definition) is 1. The maximum atomic E-state index is 13.2. The maximum Gasteiger partial charge on any atom is 0.205 e. The fraction of sp³-hybridized carbons (Fsp3) is 0.208. The standard InChI is InChI=1S/C24H21N3O3/c1-3-14(2)24(30)18(13-25-10-11-28)17-12-20(29)23-21-16(8-9-26-23)15-6-4-5-7-19(15)27-22(17)21/h3-9,11-12,18,25H,10,13H2,1-2H3/b14-3+. The van der Waals surface area contributed by atoms with E-state index in [0.29, 0.717) is 27.9 Å². The first kappa shape index (κ1) is 19.8. The minimum atomic E-state index is -0.643. The number of para-hydroxylation sites is 1. The first-order chi connectivity index (χ1) is 14.6. The number of Topliss-reactive ketones (excluding diaryl/α,β-unsaturated/α-hetero) is 1. The summed E-state index contributed by atoms with van der Waals surface area (Å²) in [5.74, 6) is -0.993. The Kier molecular flexibility index (Phi) is 5.33. The highest BCUT2D eigenvalue weighted by Gasteiger charge is 2.32. The molecular formula is C24H21N3O3.